The van der Waals surface area contributed by atoms with E-state index in [1.54, 1.807) is 17.1 Å². The monoisotopic (exact) mass is 397 g/mol. The molecular formula is C20H27N7O2. The van der Waals surface area contributed by atoms with Crippen LogP contribution < -0.4 is 4.90 Å². The number of piperidine rings is 1. The fraction of sp³-hybridized carbons (Fsp3) is 0.550. The van der Waals surface area contributed by atoms with Crippen LogP contribution in [-0.2, 0) is 18.4 Å². The largest absolute Gasteiger partial charge is 0.356 e. The van der Waals surface area contributed by atoms with Crippen LogP contribution in [-0.4, -0.2) is 66.7 Å². The molecule has 0 N–H and O–H groups in total. The third-order valence-corrected chi connectivity index (χ3v) is 5.75. The van der Waals surface area contributed by atoms with E-state index in [-0.39, 0.29) is 24.4 Å². The molecule has 2 aliphatic heterocycles. The number of nitrogens with zero attached hydrogens (tertiary/aromatic N) is 7. The zero-order valence-electron chi connectivity index (χ0n) is 17.2. The second kappa shape index (κ2) is 7.46. The maximum Gasteiger partial charge on any atom is 0.328 e. The number of carbonyl (C=O) groups is 2. The van der Waals surface area contributed by atoms with Crippen molar-refractivity contribution in [3.05, 3.63) is 36.5 Å². The number of anilines is 1. The second-order valence-electron chi connectivity index (χ2n) is 8.29. The molecule has 2 aromatic rings. The first-order valence-electron chi connectivity index (χ1n) is 10.0. The van der Waals surface area contributed by atoms with E-state index in [0.717, 1.165) is 11.4 Å². The first kappa shape index (κ1) is 19.4. The summed E-state index contributed by atoms with van der Waals surface area (Å²) >= 11 is 0. The standard InChI is InChI=1S/C20H27N7O2/c1-15(2)11-27-19(29)26(13-16-10-23-24(3)12-16)18(28)20(27)5-8-25(9-6-20)17-4-7-21-14-22-17/h4,7,10,12,14-15H,5-6,8-9,11,13H2,1-3H3. The van der Waals surface area contributed by atoms with Crippen molar-refractivity contribution in [3.8, 4) is 0 Å². The Kier molecular flexibility index (Phi) is 4.97. The lowest BCUT2D eigenvalue weighted by Crippen LogP contribution is -2.57. The van der Waals surface area contributed by atoms with Crippen molar-refractivity contribution >= 4 is 17.8 Å². The van der Waals surface area contributed by atoms with Gasteiger partial charge >= 0.3 is 6.03 Å². The molecule has 0 aliphatic carbocycles. The van der Waals surface area contributed by atoms with Crippen molar-refractivity contribution in [2.24, 2.45) is 13.0 Å². The Bertz CT molecular complexity index is 887. The zero-order chi connectivity index (χ0) is 20.6. The van der Waals surface area contributed by atoms with E-state index in [4.69, 9.17) is 0 Å². The lowest BCUT2D eigenvalue weighted by Gasteiger charge is -2.43. The van der Waals surface area contributed by atoms with Gasteiger partial charge < -0.3 is 9.80 Å². The van der Waals surface area contributed by atoms with Crippen LogP contribution >= 0.6 is 0 Å². The molecule has 0 radical (unpaired) electrons. The van der Waals surface area contributed by atoms with Crippen molar-refractivity contribution in [2.45, 2.75) is 38.8 Å². The highest BCUT2D eigenvalue weighted by atomic mass is 16.2. The maximum atomic E-state index is 13.5. The smallest absolute Gasteiger partial charge is 0.328 e. The second-order valence-corrected chi connectivity index (χ2v) is 8.29. The third kappa shape index (κ3) is 3.45. The number of carbonyl (C=O) groups excluding carboxylic acids is 2. The van der Waals surface area contributed by atoms with Gasteiger partial charge in [0.25, 0.3) is 5.91 Å². The Balaban J connectivity index is 1.58. The minimum absolute atomic E-state index is 0.0886. The molecule has 2 aliphatic rings. The average Bonchev–Trinajstić information content (AvgIpc) is 3.21. The molecule has 3 amide bonds. The van der Waals surface area contributed by atoms with Gasteiger partial charge in [0.15, 0.2) is 0 Å². The molecule has 1 spiro atoms. The van der Waals surface area contributed by atoms with Crippen molar-refractivity contribution in [1.82, 2.24) is 29.5 Å². The molecule has 29 heavy (non-hydrogen) atoms. The summed E-state index contributed by atoms with van der Waals surface area (Å²) in [5, 5.41) is 4.16. The topological polar surface area (TPSA) is 87.5 Å². The molecule has 2 saturated heterocycles. The lowest BCUT2D eigenvalue weighted by atomic mass is 9.85. The predicted molar refractivity (Wildman–Crippen MR) is 107 cm³/mol. The summed E-state index contributed by atoms with van der Waals surface area (Å²) in [5.74, 6) is 1.05. The number of imide groups is 1. The molecule has 4 heterocycles. The van der Waals surface area contributed by atoms with Gasteiger partial charge in [0, 0.05) is 44.6 Å². The Hall–Kier alpha value is -2.97. The molecule has 2 aromatic heterocycles. The molecule has 4 rings (SSSR count). The van der Waals surface area contributed by atoms with Gasteiger partial charge in [-0.3, -0.25) is 14.4 Å². The van der Waals surface area contributed by atoms with Crippen LogP contribution in [0.1, 0.15) is 32.3 Å². The number of amides is 3. The normalized spacial score (nSPS) is 19.1. The van der Waals surface area contributed by atoms with E-state index in [1.165, 1.54) is 11.2 Å². The SMILES string of the molecule is CC(C)CN1C(=O)N(Cc2cnn(C)c2)C(=O)C12CCN(c1ccncn1)CC2. The third-order valence-electron chi connectivity index (χ3n) is 5.75. The van der Waals surface area contributed by atoms with Gasteiger partial charge in [-0.2, -0.15) is 5.10 Å². The number of rotatable bonds is 5. The molecule has 9 heteroatoms. The van der Waals surface area contributed by atoms with Gasteiger partial charge in [0.2, 0.25) is 0 Å². The minimum Gasteiger partial charge on any atom is -0.356 e. The Morgan fingerprint density at radius 1 is 1.21 bits per heavy atom. The van der Waals surface area contributed by atoms with Crippen LogP contribution in [0.4, 0.5) is 10.6 Å². The number of aryl methyl sites for hydroxylation is 1. The maximum absolute atomic E-state index is 13.5. The molecule has 0 aromatic carbocycles. The summed E-state index contributed by atoms with van der Waals surface area (Å²) in [7, 11) is 1.83. The van der Waals surface area contributed by atoms with Crippen molar-refractivity contribution in [2.75, 3.05) is 24.5 Å². The Morgan fingerprint density at radius 3 is 2.55 bits per heavy atom. The highest BCUT2D eigenvalue weighted by molar-refractivity contribution is 6.07. The van der Waals surface area contributed by atoms with E-state index >= 15 is 0 Å². The minimum atomic E-state index is -0.771. The molecule has 154 valence electrons. The van der Waals surface area contributed by atoms with Crippen LogP contribution in [0.5, 0.6) is 0 Å². The van der Waals surface area contributed by atoms with E-state index in [2.05, 4.69) is 33.8 Å². The molecule has 0 atom stereocenters. The summed E-state index contributed by atoms with van der Waals surface area (Å²) in [6.07, 6.45) is 7.99. The first-order valence-corrected chi connectivity index (χ1v) is 10.0. The zero-order valence-corrected chi connectivity index (χ0v) is 17.2. The Labute approximate surface area is 170 Å². The number of hydrogen-bond donors (Lipinski definition) is 0. The molecule has 0 saturated carbocycles. The fourth-order valence-electron chi connectivity index (χ4n) is 4.34. The van der Waals surface area contributed by atoms with Crippen LogP contribution in [0.25, 0.3) is 0 Å². The molecule has 2 fully saturated rings. The van der Waals surface area contributed by atoms with Crippen LogP contribution in [0.2, 0.25) is 0 Å². The van der Waals surface area contributed by atoms with Crippen molar-refractivity contribution in [1.29, 1.82) is 0 Å². The van der Waals surface area contributed by atoms with Crippen LogP contribution in [0.15, 0.2) is 31.0 Å². The van der Waals surface area contributed by atoms with Gasteiger partial charge in [-0.15, -0.1) is 0 Å². The number of aromatic nitrogens is 4. The van der Waals surface area contributed by atoms with Crippen molar-refractivity contribution in [3.63, 3.8) is 0 Å². The number of hydrogen-bond acceptors (Lipinski definition) is 6. The van der Waals surface area contributed by atoms with Gasteiger partial charge in [-0.05, 0) is 24.8 Å². The highest BCUT2D eigenvalue weighted by Gasteiger charge is 2.57. The van der Waals surface area contributed by atoms with Gasteiger partial charge in [0.05, 0.1) is 12.7 Å². The van der Waals surface area contributed by atoms with Gasteiger partial charge in [-0.1, -0.05) is 13.8 Å². The molecule has 0 unspecified atom stereocenters. The van der Waals surface area contributed by atoms with E-state index < -0.39 is 5.54 Å². The summed E-state index contributed by atoms with van der Waals surface area (Å²) in [6.45, 7) is 6.33. The number of urea groups is 1. The summed E-state index contributed by atoms with van der Waals surface area (Å²) in [6, 6.07) is 1.68. The molecule has 9 nitrogen and oxygen atoms in total. The first-order chi connectivity index (χ1) is 13.9. The van der Waals surface area contributed by atoms with E-state index in [9.17, 15) is 9.59 Å². The van der Waals surface area contributed by atoms with Crippen molar-refractivity contribution < 1.29 is 9.59 Å². The quantitative estimate of drug-likeness (QED) is 0.713. The van der Waals surface area contributed by atoms with Gasteiger partial charge in [0.1, 0.15) is 17.7 Å². The summed E-state index contributed by atoms with van der Waals surface area (Å²) in [5.41, 5.74) is 0.0850. The van der Waals surface area contributed by atoms with E-state index in [0.29, 0.717) is 32.5 Å². The average molecular weight is 397 g/mol. The van der Waals surface area contributed by atoms with Gasteiger partial charge in [-0.25, -0.2) is 14.8 Å². The van der Waals surface area contributed by atoms with E-state index in [1.807, 2.05) is 24.2 Å². The van der Waals surface area contributed by atoms with Crippen LogP contribution in [0, 0.1) is 5.92 Å². The Morgan fingerprint density at radius 2 is 1.97 bits per heavy atom. The molecular weight excluding hydrogens is 370 g/mol. The summed E-state index contributed by atoms with van der Waals surface area (Å²) in [4.78, 5) is 40.5. The highest BCUT2D eigenvalue weighted by Crippen LogP contribution is 2.39. The summed E-state index contributed by atoms with van der Waals surface area (Å²) < 4.78 is 1.68. The van der Waals surface area contributed by atoms with Crippen LogP contribution in [0.3, 0.4) is 0 Å². The fourth-order valence-corrected chi connectivity index (χ4v) is 4.34. The lowest BCUT2D eigenvalue weighted by molar-refractivity contribution is -0.134. The molecule has 0 bridgehead atoms. The predicted octanol–water partition coefficient (Wildman–Crippen LogP) is 1.67.